The normalized spacial score (nSPS) is 16.3. The molecule has 0 aromatic heterocycles. The van der Waals surface area contributed by atoms with E-state index in [-0.39, 0.29) is 23.8 Å². The minimum atomic E-state index is -1.67. The zero-order chi connectivity index (χ0) is 20.2. The van der Waals surface area contributed by atoms with Crippen molar-refractivity contribution in [3.05, 3.63) is 61.4 Å². The van der Waals surface area contributed by atoms with Gasteiger partial charge in [-0.15, -0.1) is 0 Å². The molecule has 0 aliphatic heterocycles. The van der Waals surface area contributed by atoms with Crippen LogP contribution in [0.4, 0.5) is 0 Å². The summed E-state index contributed by atoms with van der Waals surface area (Å²) in [5.41, 5.74) is 0. The van der Waals surface area contributed by atoms with Crippen LogP contribution in [-0.2, 0) is 9.59 Å². The Balaban J connectivity index is 2.04. The summed E-state index contributed by atoms with van der Waals surface area (Å²) < 4.78 is 0. The number of nitrogens with zero attached hydrogens (tertiary/aromatic N) is 1. The second-order valence-corrected chi connectivity index (χ2v) is 13.3. The van der Waals surface area contributed by atoms with E-state index in [9.17, 15) is 9.59 Å². The van der Waals surface area contributed by atoms with Crippen molar-refractivity contribution in [2.75, 3.05) is 0 Å². The highest BCUT2D eigenvalue weighted by Gasteiger charge is 2.42. The van der Waals surface area contributed by atoms with Gasteiger partial charge in [-0.2, -0.15) is 0 Å². The summed E-state index contributed by atoms with van der Waals surface area (Å²) in [4.78, 5) is 27.8. The lowest BCUT2D eigenvalue weighted by atomic mass is 9.89. The lowest BCUT2D eigenvalue weighted by Crippen LogP contribution is -2.46. The van der Waals surface area contributed by atoms with Gasteiger partial charge in [0.1, 0.15) is 5.78 Å². The molecule has 1 aliphatic rings. The van der Waals surface area contributed by atoms with Gasteiger partial charge in [0.25, 0.3) is 0 Å². The number of amides is 1. The van der Waals surface area contributed by atoms with Gasteiger partial charge < -0.3 is 4.90 Å². The third-order valence-corrected chi connectivity index (χ3v) is 8.62. The SMILES string of the molecule is CC(C)N(C(=O)[C]1[CH][CH][CH][C]1C(=O)CC[Si](C)(C)c1ccccc1)C(C)C. The standard InChI is InChI=1S/C23H32NO2Si/c1-17(2)24(18(3)4)23(26)21-14-10-13-20(21)22(25)15-16-27(5,6)19-11-8-7-9-12-19/h7-14,17-18H,15-16H2,1-6H3. The molecule has 4 heteroatoms. The van der Waals surface area contributed by atoms with Crippen molar-refractivity contribution in [1.82, 2.24) is 4.90 Å². The monoisotopic (exact) mass is 382 g/mol. The maximum absolute atomic E-state index is 13.0. The maximum atomic E-state index is 13.0. The van der Waals surface area contributed by atoms with Crippen LogP contribution in [0.1, 0.15) is 34.1 Å². The first-order chi connectivity index (χ1) is 12.6. The van der Waals surface area contributed by atoms with E-state index in [0.717, 1.165) is 6.04 Å². The van der Waals surface area contributed by atoms with Crippen LogP contribution in [0.2, 0.25) is 19.1 Å². The molecule has 3 nitrogen and oxygen atoms in total. The van der Waals surface area contributed by atoms with E-state index in [2.05, 4.69) is 37.4 Å². The zero-order valence-electron chi connectivity index (χ0n) is 17.5. The van der Waals surface area contributed by atoms with Gasteiger partial charge in [0.2, 0.25) is 5.91 Å². The smallest absolute Gasteiger partial charge is 0.231 e. The second kappa shape index (κ2) is 9.18. The molecule has 0 saturated heterocycles. The minimum absolute atomic E-state index is 0.0482. The molecule has 0 spiro atoms. The third-order valence-electron chi connectivity index (χ3n) is 5.23. The Morgan fingerprint density at radius 3 is 2.04 bits per heavy atom. The van der Waals surface area contributed by atoms with E-state index in [4.69, 9.17) is 0 Å². The van der Waals surface area contributed by atoms with Crippen molar-refractivity contribution < 1.29 is 9.59 Å². The van der Waals surface area contributed by atoms with Gasteiger partial charge in [-0.3, -0.25) is 9.59 Å². The molecule has 5 radical (unpaired) electrons. The highest BCUT2D eigenvalue weighted by atomic mass is 28.3. The Morgan fingerprint density at radius 1 is 0.926 bits per heavy atom. The first-order valence-electron chi connectivity index (χ1n) is 9.82. The number of ketones is 1. The van der Waals surface area contributed by atoms with Crippen LogP contribution in [0.3, 0.4) is 0 Å². The predicted octanol–water partition coefficient (Wildman–Crippen LogP) is 3.98. The minimum Gasteiger partial charge on any atom is -0.337 e. The van der Waals surface area contributed by atoms with Gasteiger partial charge in [-0.25, -0.2) is 0 Å². The van der Waals surface area contributed by atoms with Gasteiger partial charge >= 0.3 is 0 Å². The van der Waals surface area contributed by atoms with E-state index < -0.39 is 8.07 Å². The predicted molar refractivity (Wildman–Crippen MR) is 114 cm³/mol. The molecular formula is C23H32NO2Si. The van der Waals surface area contributed by atoms with E-state index in [1.54, 1.807) is 12.8 Å². The number of hydrogen-bond donors (Lipinski definition) is 0. The molecule has 1 amide bonds. The molecule has 0 bridgehead atoms. The van der Waals surface area contributed by atoms with Crippen molar-refractivity contribution in [2.45, 2.75) is 65.3 Å². The van der Waals surface area contributed by atoms with Gasteiger partial charge in [0.05, 0.1) is 19.9 Å². The van der Waals surface area contributed by atoms with Crippen LogP contribution in [0.15, 0.2) is 30.3 Å². The van der Waals surface area contributed by atoms with Crippen LogP contribution < -0.4 is 5.19 Å². The first-order valence-corrected chi connectivity index (χ1v) is 13.0. The van der Waals surface area contributed by atoms with Crippen molar-refractivity contribution in [2.24, 2.45) is 0 Å². The van der Waals surface area contributed by atoms with Gasteiger partial charge in [0.15, 0.2) is 0 Å². The van der Waals surface area contributed by atoms with Gasteiger partial charge in [0, 0.05) is 18.5 Å². The molecular weight excluding hydrogens is 350 g/mol. The first kappa shape index (κ1) is 21.9. The number of carbonyl (C=O) groups excluding carboxylic acids is 2. The molecule has 1 saturated carbocycles. The van der Waals surface area contributed by atoms with E-state index >= 15 is 0 Å². The Morgan fingerprint density at radius 2 is 1.48 bits per heavy atom. The average Bonchev–Trinajstić information content (AvgIpc) is 3.09. The molecule has 145 valence electrons. The highest BCUT2D eigenvalue weighted by molar-refractivity contribution is 6.89. The molecule has 27 heavy (non-hydrogen) atoms. The Bertz CT molecular complexity index is 631. The zero-order valence-corrected chi connectivity index (χ0v) is 18.5. The molecule has 1 fully saturated rings. The summed E-state index contributed by atoms with van der Waals surface area (Å²) in [6.07, 6.45) is 5.89. The van der Waals surface area contributed by atoms with Crippen LogP contribution in [0.25, 0.3) is 0 Å². The van der Waals surface area contributed by atoms with Crippen LogP contribution >= 0.6 is 0 Å². The fourth-order valence-electron chi connectivity index (χ4n) is 3.65. The molecule has 2 rings (SSSR count). The fourth-order valence-corrected chi connectivity index (χ4v) is 5.88. The number of Topliss-reactive ketones (excluding diaryl/α,β-unsaturated/α-hetero) is 1. The lowest BCUT2D eigenvalue weighted by Gasteiger charge is -2.34. The van der Waals surface area contributed by atoms with Crippen molar-refractivity contribution >= 4 is 25.0 Å². The molecule has 0 heterocycles. The highest BCUT2D eigenvalue weighted by Crippen LogP contribution is 2.37. The van der Waals surface area contributed by atoms with E-state index in [1.807, 2.05) is 45.1 Å². The molecule has 0 atom stereocenters. The number of carbonyl (C=O) groups is 2. The largest absolute Gasteiger partial charge is 0.337 e. The molecule has 1 aliphatic carbocycles. The number of rotatable bonds is 8. The van der Waals surface area contributed by atoms with E-state index in [0.29, 0.717) is 18.3 Å². The van der Waals surface area contributed by atoms with Crippen molar-refractivity contribution in [3.8, 4) is 0 Å². The summed E-state index contributed by atoms with van der Waals surface area (Å²) >= 11 is 0. The number of hydrogen-bond acceptors (Lipinski definition) is 2. The molecule has 1 aromatic rings. The number of benzene rings is 1. The molecule has 1 aromatic carbocycles. The average molecular weight is 383 g/mol. The summed E-state index contributed by atoms with van der Waals surface area (Å²) in [5.74, 6) is 1.14. The third kappa shape index (κ3) is 5.31. The Hall–Kier alpha value is -1.42. The van der Waals surface area contributed by atoms with Crippen molar-refractivity contribution in [1.29, 1.82) is 0 Å². The quantitative estimate of drug-likeness (QED) is 0.638. The Kier molecular flexibility index (Phi) is 7.44. The van der Waals surface area contributed by atoms with Crippen molar-refractivity contribution in [3.63, 3.8) is 0 Å². The summed E-state index contributed by atoms with van der Waals surface area (Å²) in [5, 5.41) is 1.36. The topological polar surface area (TPSA) is 37.4 Å². The maximum Gasteiger partial charge on any atom is 0.231 e. The second-order valence-electron chi connectivity index (χ2n) is 8.43. The van der Waals surface area contributed by atoms with Gasteiger partial charge in [-0.1, -0.05) is 48.6 Å². The van der Waals surface area contributed by atoms with Crippen LogP contribution in [-0.4, -0.2) is 36.7 Å². The lowest BCUT2D eigenvalue weighted by molar-refractivity contribution is -0.133. The fraction of sp³-hybridized carbons (Fsp3) is 0.435. The van der Waals surface area contributed by atoms with Gasteiger partial charge in [-0.05, 0) is 53.0 Å². The van der Waals surface area contributed by atoms with Crippen LogP contribution in [0, 0.1) is 31.1 Å². The summed E-state index contributed by atoms with van der Waals surface area (Å²) in [6, 6.07) is 11.6. The molecule has 0 unspecified atom stereocenters. The summed E-state index contributed by atoms with van der Waals surface area (Å²) in [6.45, 7) is 12.6. The van der Waals surface area contributed by atoms with Crippen LogP contribution in [0.5, 0.6) is 0 Å². The summed E-state index contributed by atoms with van der Waals surface area (Å²) in [7, 11) is -1.67. The molecule has 0 N–H and O–H groups in total. The Labute approximate surface area is 166 Å². The van der Waals surface area contributed by atoms with E-state index in [1.165, 1.54) is 5.19 Å².